The number of carbonyl (C=O) groups is 1. The van der Waals surface area contributed by atoms with Crippen LogP contribution in [0, 0.1) is 0 Å². The van der Waals surface area contributed by atoms with Crippen LogP contribution in [0.4, 0.5) is 5.69 Å². The summed E-state index contributed by atoms with van der Waals surface area (Å²) in [6.07, 6.45) is 0.852. The van der Waals surface area contributed by atoms with E-state index in [1.54, 1.807) is 12.0 Å². The van der Waals surface area contributed by atoms with Gasteiger partial charge in [0.25, 0.3) is 5.91 Å². The molecule has 0 fully saturated rings. The Kier molecular flexibility index (Phi) is 5.20. The molecule has 0 radical (unpaired) electrons. The predicted molar refractivity (Wildman–Crippen MR) is 117 cm³/mol. The number of benzene rings is 2. The molecule has 2 aromatic carbocycles. The SMILES string of the molecule is CCCN(C(=O)c1cc2cc3ccc(OC)cc3nc2s1)c1cccc(Cl)c1. The van der Waals surface area contributed by atoms with Gasteiger partial charge in [0, 0.05) is 34.1 Å². The fourth-order valence-corrected chi connectivity index (χ4v) is 4.34. The smallest absolute Gasteiger partial charge is 0.268 e. The minimum atomic E-state index is -0.0336. The minimum absolute atomic E-state index is 0.0336. The molecule has 2 heterocycles. The molecule has 0 spiro atoms. The van der Waals surface area contributed by atoms with E-state index in [0.717, 1.165) is 39.0 Å². The number of thiophene rings is 1. The third-order valence-electron chi connectivity index (χ3n) is 4.53. The van der Waals surface area contributed by atoms with Crippen LogP contribution in [0.15, 0.2) is 54.6 Å². The molecule has 0 saturated carbocycles. The number of fused-ring (bicyclic) bond motifs is 2. The molecule has 0 N–H and O–H groups in total. The van der Waals surface area contributed by atoms with Gasteiger partial charge in [-0.3, -0.25) is 4.79 Å². The fraction of sp³-hybridized carbons (Fsp3) is 0.182. The monoisotopic (exact) mass is 410 g/mol. The molecule has 1 amide bonds. The van der Waals surface area contributed by atoms with Crippen LogP contribution in [0.25, 0.3) is 21.1 Å². The third-order valence-corrected chi connectivity index (χ3v) is 5.80. The number of aromatic nitrogens is 1. The van der Waals surface area contributed by atoms with Crippen LogP contribution in [0.1, 0.15) is 23.0 Å². The maximum atomic E-state index is 13.3. The predicted octanol–water partition coefficient (Wildman–Crippen LogP) is 6.17. The van der Waals surface area contributed by atoms with Gasteiger partial charge in [-0.2, -0.15) is 0 Å². The number of methoxy groups -OCH3 is 1. The van der Waals surface area contributed by atoms with Crippen molar-refractivity contribution < 1.29 is 9.53 Å². The standard InChI is InChI=1S/C22H19ClN2O2S/c1-3-9-25(17-6-4-5-16(23)12-17)22(26)20-11-15-10-14-7-8-18(27-2)13-19(14)24-21(15)28-20/h4-8,10-13H,3,9H2,1-2H3. The quantitative estimate of drug-likeness (QED) is 0.395. The molecule has 0 bridgehead atoms. The number of anilines is 1. The number of amides is 1. The van der Waals surface area contributed by atoms with Gasteiger partial charge in [0.05, 0.1) is 17.5 Å². The molecule has 0 atom stereocenters. The number of carbonyl (C=O) groups excluding carboxylic acids is 1. The van der Waals surface area contributed by atoms with Gasteiger partial charge in [0.1, 0.15) is 10.6 Å². The topological polar surface area (TPSA) is 42.4 Å². The first-order chi connectivity index (χ1) is 13.6. The number of halogens is 1. The normalized spacial score (nSPS) is 11.1. The van der Waals surface area contributed by atoms with Gasteiger partial charge in [-0.25, -0.2) is 4.98 Å². The van der Waals surface area contributed by atoms with E-state index in [2.05, 4.69) is 13.0 Å². The van der Waals surface area contributed by atoms with Gasteiger partial charge in [-0.15, -0.1) is 11.3 Å². The van der Waals surface area contributed by atoms with Crippen molar-refractivity contribution in [2.75, 3.05) is 18.6 Å². The lowest BCUT2D eigenvalue weighted by molar-refractivity contribution is 0.0991. The van der Waals surface area contributed by atoms with Crippen LogP contribution >= 0.6 is 22.9 Å². The number of rotatable bonds is 5. The van der Waals surface area contributed by atoms with Gasteiger partial charge >= 0.3 is 0 Å². The Labute approximate surface area is 172 Å². The summed E-state index contributed by atoms with van der Waals surface area (Å²) in [5, 5.41) is 2.60. The summed E-state index contributed by atoms with van der Waals surface area (Å²) >= 11 is 7.54. The van der Waals surface area contributed by atoms with Crippen molar-refractivity contribution in [3.8, 4) is 5.75 Å². The van der Waals surface area contributed by atoms with Gasteiger partial charge in [0.2, 0.25) is 0 Å². The Hall–Kier alpha value is -2.63. The Bertz CT molecular complexity index is 1170. The molecule has 4 nitrogen and oxygen atoms in total. The lowest BCUT2D eigenvalue weighted by Gasteiger charge is -2.21. The lowest BCUT2D eigenvalue weighted by Crippen LogP contribution is -2.31. The minimum Gasteiger partial charge on any atom is -0.497 e. The van der Waals surface area contributed by atoms with Crippen molar-refractivity contribution in [1.82, 2.24) is 4.98 Å². The largest absolute Gasteiger partial charge is 0.497 e. The molecule has 0 aliphatic rings. The number of ether oxygens (including phenoxy) is 1. The number of nitrogens with zero attached hydrogens (tertiary/aromatic N) is 2. The second kappa shape index (κ2) is 7.78. The molecule has 0 unspecified atom stereocenters. The summed E-state index contributed by atoms with van der Waals surface area (Å²) in [4.78, 5) is 21.3. The Morgan fingerprint density at radius 1 is 1.14 bits per heavy atom. The summed E-state index contributed by atoms with van der Waals surface area (Å²) in [6.45, 7) is 2.68. The average Bonchev–Trinajstić information content (AvgIpc) is 3.12. The van der Waals surface area contributed by atoms with Crippen LogP contribution in [0.3, 0.4) is 0 Å². The highest BCUT2D eigenvalue weighted by Crippen LogP contribution is 2.31. The van der Waals surface area contributed by atoms with E-state index in [9.17, 15) is 4.79 Å². The zero-order valence-electron chi connectivity index (χ0n) is 15.6. The fourth-order valence-electron chi connectivity index (χ4n) is 3.19. The molecular formula is C22H19ClN2O2S. The van der Waals surface area contributed by atoms with Crippen molar-refractivity contribution >= 4 is 55.7 Å². The molecule has 2 aromatic heterocycles. The van der Waals surface area contributed by atoms with Crippen molar-refractivity contribution in [2.24, 2.45) is 0 Å². The van der Waals surface area contributed by atoms with E-state index in [0.29, 0.717) is 16.4 Å². The van der Waals surface area contributed by atoms with Crippen LogP contribution in [-0.2, 0) is 0 Å². The zero-order valence-corrected chi connectivity index (χ0v) is 17.2. The summed E-state index contributed by atoms with van der Waals surface area (Å²) in [5.41, 5.74) is 1.66. The third kappa shape index (κ3) is 3.55. The van der Waals surface area contributed by atoms with Gasteiger partial charge in [0.15, 0.2) is 0 Å². The van der Waals surface area contributed by atoms with E-state index in [1.807, 2.05) is 48.5 Å². The summed E-state index contributed by atoms with van der Waals surface area (Å²) in [5.74, 6) is 0.732. The van der Waals surface area contributed by atoms with E-state index in [1.165, 1.54) is 11.3 Å². The molecule has 4 aromatic rings. The van der Waals surface area contributed by atoms with Gasteiger partial charge in [-0.05, 0) is 48.9 Å². The first kappa shape index (κ1) is 18.7. The van der Waals surface area contributed by atoms with E-state index >= 15 is 0 Å². The summed E-state index contributed by atoms with van der Waals surface area (Å²) < 4.78 is 5.29. The molecule has 0 aliphatic heterocycles. The second-order valence-electron chi connectivity index (χ2n) is 6.49. The maximum Gasteiger partial charge on any atom is 0.268 e. The van der Waals surface area contributed by atoms with Crippen LogP contribution in [-0.4, -0.2) is 24.5 Å². The molecule has 0 saturated heterocycles. The highest BCUT2D eigenvalue weighted by atomic mass is 35.5. The Balaban J connectivity index is 1.75. The Morgan fingerprint density at radius 3 is 2.75 bits per heavy atom. The van der Waals surface area contributed by atoms with Crippen molar-refractivity contribution in [2.45, 2.75) is 13.3 Å². The first-order valence-corrected chi connectivity index (χ1v) is 10.2. The van der Waals surface area contributed by atoms with Crippen LogP contribution in [0.2, 0.25) is 5.02 Å². The number of hydrogen-bond acceptors (Lipinski definition) is 4. The molecule has 4 rings (SSSR count). The number of pyridine rings is 1. The molecule has 28 heavy (non-hydrogen) atoms. The highest BCUT2D eigenvalue weighted by Gasteiger charge is 2.20. The van der Waals surface area contributed by atoms with Crippen LogP contribution < -0.4 is 9.64 Å². The molecule has 142 valence electrons. The molecule has 0 aliphatic carbocycles. The molecule has 6 heteroatoms. The van der Waals surface area contributed by atoms with Crippen molar-refractivity contribution in [1.29, 1.82) is 0 Å². The zero-order chi connectivity index (χ0) is 19.7. The van der Waals surface area contributed by atoms with Crippen LogP contribution in [0.5, 0.6) is 5.75 Å². The highest BCUT2D eigenvalue weighted by molar-refractivity contribution is 7.20. The second-order valence-corrected chi connectivity index (χ2v) is 7.96. The van der Waals surface area contributed by atoms with Crippen molar-refractivity contribution in [3.63, 3.8) is 0 Å². The lowest BCUT2D eigenvalue weighted by atomic mass is 10.2. The first-order valence-electron chi connectivity index (χ1n) is 9.05. The van der Waals surface area contributed by atoms with E-state index in [-0.39, 0.29) is 5.91 Å². The van der Waals surface area contributed by atoms with E-state index < -0.39 is 0 Å². The van der Waals surface area contributed by atoms with E-state index in [4.69, 9.17) is 21.3 Å². The van der Waals surface area contributed by atoms with Gasteiger partial charge in [-0.1, -0.05) is 24.6 Å². The maximum absolute atomic E-state index is 13.3. The summed E-state index contributed by atoms with van der Waals surface area (Å²) in [7, 11) is 1.64. The van der Waals surface area contributed by atoms with Gasteiger partial charge < -0.3 is 9.64 Å². The van der Waals surface area contributed by atoms with Crippen molar-refractivity contribution in [3.05, 3.63) is 64.5 Å². The summed E-state index contributed by atoms with van der Waals surface area (Å²) in [6, 6.07) is 17.2. The Morgan fingerprint density at radius 2 is 2.00 bits per heavy atom. The number of hydrogen-bond donors (Lipinski definition) is 0. The molecular weight excluding hydrogens is 392 g/mol. The average molecular weight is 411 g/mol.